The summed E-state index contributed by atoms with van der Waals surface area (Å²) >= 11 is 0. The first-order valence-electron chi connectivity index (χ1n) is 7.32. The first-order chi connectivity index (χ1) is 9.48. The number of fused-ring (bicyclic) bond motifs is 1. The fourth-order valence-electron chi connectivity index (χ4n) is 3.32. The average molecular weight is 271 g/mol. The molecule has 0 spiro atoms. The maximum atomic E-state index is 12.7. The highest BCUT2D eigenvalue weighted by atomic mass is 16.3. The third kappa shape index (κ3) is 2.27. The number of benzene rings is 1. The maximum Gasteiger partial charge on any atom is 0.217 e. The van der Waals surface area contributed by atoms with Crippen LogP contribution in [0.4, 0.5) is 0 Å². The number of furan rings is 1. The number of aryl methyl sites for hydroxylation is 1. The van der Waals surface area contributed by atoms with E-state index >= 15 is 0 Å². The Morgan fingerprint density at radius 2 is 2.20 bits per heavy atom. The number of carbonyl (C=O) groups excluding carboxylic acids is 1. The average Bonchev–Trinajstić information content (AvgIpc) is 2.80. The van der Waals surface area contributed by atoms with Crippen molar-refractivity contribution in [3.8, 4) is 0 Å². The molecule has 1 aliphatic rings. The summed E-state index contributed by atoms with van der Waals surface area (Å²) in [6.45, 7) is 4.19. The van der Waals surface area contributed by atoms with Crippen LogP contribution in [0.2, 0.25) is 0 Å². The molecule has 0 saturated heterocycles. The van der Waals surface area contributed by atoms with Crippen molar-refractivity contribution in [3.63, 3.8) is 0 Å². The molecule has 3 heteroatoms. The lowest BCUT2D eigenvalue weighted by atomic mass is 9.74. The molecule has 1 saturated carbocycles. The molecule has 1 heterocycles. The highest BCUT2D eigenvalue weighted by molar-refractivity contribution is 6.03. The van der Waals surface area contributed by atoms with E-state index in [0.717, 1.165) is 42.2 Å². The lowest BCUT2D eigenvalue weighted by Crippen LogP contribution is -2.50. The monoisotopic (exact) mass is 271 g/mol. The van der Waals surface area contributed by atoms with Gasteiger partial charge < -0.3 is 10.2 Å². The van der Waals surface area contributed by atoms with Crippen molar-refractivity contribution in [2.24, 2.45) is 11.7 Å². The van der Waals surface area contributed by atoms with Crippen molar-refractivity contribution >= 4 is 16.8 Å². The van der Waals surface area contributed by atoms with Crippen LogP contribution in [0.3, 0.4) is 0 Å². The lowest BCUT2D eigenvalue weighted by molar-refractivity contribution is 0.0792. The van der Waals surface area contributed by atoms with Crippen LogP contribution >= 0.6 is 0 Å². The second kappa shape index (κ2) is 4.74. The topological polar surface area (TPSA) is 56.2 Å². The normalized spacial score (nSPS) is 26.9. The second-order valence-electron chi connectivity index (χ2n) is 6.34. The number of rotatable bonds is 2. The molecule has 3 nitrogen and oxygen atoms in total. The van der Waals surface area contributed by atoms with E-state index in [0.29, 0.717) is 11.7 Å². The van der Waals surface area contributed by atoms with Gasteiger partial charge in [-0.1, -0.05) is 31.4 Å². The lowest BCUT2D eigenvalue weighted by Gasteiger charge is -2.34. The standard InChI is InChI=1S/C17H21NO2/c1-11-5-6-14-13(8-11)9-15(20-14)16(19)17(18)7-3-4-12(2)10-17/h5-6,8-9,12H,3-4,7,10,18H2,1-2H3. The minimum Gasteiger partial charge on any atom is -0.453 e. The molecule has 0 radical (unpaired) electrons. The van der Waals surface area contributed by atoms with Crippen molar-refractivity contribution in [3.05, 3.63) is 35.6 Å². The van der Waals surface area contributed by atoms with Crippen molar-refractivity contribution < 1.29 is 9.21 Å². The molecular weight excluding hydrogens is 250 g/mol. The van der Waals surface area contributed by atoms with Gasteiger partial charge in [0.1, 0.15) is 5.58 Å². The minimum absolute atomic E-state index is 0.0436. The fraction of sp³-hybridized carbons (Fsp3) is 0.471. The molecule has 3 rings (SSSR count). The Morgan fingerprint density at radius 1 is 1.40 bits per heavy atom. The Hall–Kier alpha value is -1.61. The summed E-state index contributed by atoms with van der Waals surface area (Å²) in [5, 5.41) is 0.973. The summed E-state index contributed by atoms with van der Waals surface area (Å²) in [5.41, 5.74) is 7.53. The smallest absolute Gasteiger partial charge is 0.217 e. The molecule has 1 aromatic carbocycles. The van der Waals surface area contributed by atoms with Crippen molar-refractivity contribution in [2.45, 2.75) is 45.1 Å². The second-order valence-corrected chi connectivity index (χ2v) is 6.34. The van der Waals surface area contributed by atoms with Crippen LogP contribution in [-0.2, 0) is 0 Å². The van der Waals surface area contributed by atoms with Gasteiger partial charge in [0, 0.05) is 5.39 Å². The summed E-state index contributed by atoms with van der Waals surface area (Å²) in [6.07, 6.45) is 3.68. The van der Waals surface area contributed by atoms with Gasteiger partial charge in [-0.15, -0.1) is 0 Å². The van der Waals surface area contributed by atoms with E-state index in [1.165, 1.54) is 0 Å². The zero-order chi connectivity index (χ0) is 14.3. The zero-order valence-corrected chi connectivity index (χ0v) is 12.1. The number of ketones is 1. The summed E-state index contributed by atoms with van der Waals surface area (Å²) in [5.74, 6) is 0.865. The van der Waals surface area contributed by atoms with Crippen molar-refractivity contribution in [1.82, 2.24) is 0 Å². The Morgan fingerprint density at radius 3 is 2.95 bits per heavy atom. The first-order valence-corrected chi connectivity index (χ1v) is 7.32. The predicted molar refractivity (Wildman–Crippen MR) is 79.8 cm³/mol. The maximum absolute atomic E-state index is 12.7. The molecule has 0 aliphatic heterocycles. The van der Waals surface area contributed by atoms with E-state index in [-0.39, 0.29) is 5.78 Å². The molecule has 2 unspecified atom stereocenters. The van der Waals surface area contributed by atoms with Gasteiger partial charge in [0.15, 0.2) is 5.76 Å². The molecule has 2 aromatic rings. The van der Waals surface area contributed by atoms with Crippen LogP contribution in [0.25, 0.3) is 11.0 Å². The highest BCUT2D eigenvalue weighted by Gasteiger charge is 2.39. The van der Waals surface area contributed by atoms with E-state index in [2.05, 4.69) is 6.92 Å². The van der Waals surface area contributed by atoms with Crippen molar-refractivity contribution in [2.75, 3.05) is 0 Å². The van der Waals surface area contributed by atoms with Crippen LogP contribution in [-0.4, -0.2) is 11.3 Å². The molecule has 0 amide bonds. The molecule has 0 bridgehead atoms. The van der Waals surface area contributed by atoms with Crippen LogP contribution in [0.5, 0.6) is 0 Å². The van der Waals surface area contributed by atoms with E-state index in [4.69, 9.17) is 10.2 Å². The minimum atomic E-state index is -0.749. The van der Waals surface area contributed by atoms with Gasteiger partial charge in [-0.05, 0) is 43.9 Å². The van der Waals surface area contributed by atoms with Crippen LogP contribution in [0.1, 0.15) is 48.7 Å². The number of Topliss-reactive ketones (excluding diaryl/α,β-unsaturated/α-hetero) is 1. The van der Waals surface area contributed by atoms with Gasteiger partial charge in [0.05, 0.1) is 5.54 Å². The third-order valence-electron chi connectivity index (χ3n) is 4.38. The van der Waals surface area contributed by atoms with Gasteiger partial charge in [0.25, 0.3) is 0 Å². The van der Waals surface area contributed by atoms with Crippen LogP contribution in [0, 0.1) is 12.8 Å². The SMILES string of the molecule is Cc1ccc2oc(C(=O)C3(N)CCCC(C)C3)cc2c1. The molecule has 20 heavy (non-hydrogen) atoms. The highest BCUT2D eigenvalue weighted by Crippen LogP contribution is 2.34. The Balaban J connectivity index is 1.95. The molecule has 1 aromatic heterocycles. The molecule has 2 N–H and O–H groups in total. The van der Waals surface area contributed by atoms with E-state index in [1.807, 2.05) is 31.2 Å². The Kier molecular flexibility index (Phi) is 3.17. The molecule has 2 atom stereocenters. The number of hydrogen-bond acceptors (Lipinski definition) is 3. The van der Waals surface area contributed by atoms with Crippen molar-refractivity contribution in [1.29, 1.82) is 0 Å². The van der Waals surface area contributed by atoms with E-state index in [1.54, 1.807) is 0 Å². The number of hydrogen-bond donors (Lipinski definition) is 1. The molecular formula is C17H21NO2. The predicted octanol–water partition coefficient (Wildman–Crippen LogP) is 3.83. The quantitative estimate of drug-likeness (QED) is 0.844. The van der Waals surface area contributed by atoms with E-state index in [9.17, 15) is 4.79 Å². The number of nitrogens with two attached hydrogens (primary N) is 1. The summed E-state index contributed by atoms with van der Waals surface area (Å²) in [6, 6.07) is 7.76. The summed E-state index contributed by atoms with van der Waals surface area (Å²) in [4.78, 5) is 12.7. The Bertz CT molecular complexity index is 658. The van der Waals surface area contributed by atoms with Gasteiger partial charge in [-0.3, -0.25) is 4.79 Å². The molecule has 106 valence electrons. The largest absolute Gasteiger partial charge is 0.453 e. The summed E-state index contributed by atoms with van der Waals surface area (Å²) in [7, 11) is 0. The fourth-order valence-corrected chi connectivity index (χ4v) is 3.32. The number of carbonyl (C=O) groups is 1. The van der Waals surface area contributed by atoms with Crippen LogP contribution in [0.15, 0.2) is 28.7 Å². The molecule has 1 fully saturated rings. The zero-order valence-electron chi connectivity index (χ0n) is 12.1. The third-order valence-corrected chi connectivity index (χ3v) is 4.38. The van der Waals surface area contributed by atoms with E-state index < -0.39 is 5.54 Å². The van der Waals surface area contributed by atoms with Gasteiger partial charge in [0.2, 0.25) is 5.78 Å². The van der Waals surface area contributed by atoms with Gasteiger partial charge in [-0.25, -0.2) is 0 Å². The van der Waals surface area contributed by atoms with Gasteiger partial charge in [-0.2, -0.15) is 0 Å². The Labute approximate surface area is 119 Å². The van der Waals surface area contributed by atoms with Gasteiger partial charge >= 0.3 is 0 Å². The molecule has 1 aliphatic carbocycles. The summed E-state index contributed by atoms with van der Waals surface area (Å²) < 4.78 is 5.71. The first kappa shape index (κ1) is 13.4. The van der Waals surface area contributed by atoms with Crippen LogP contribution < -0.4 is 5.73 Å².